The fraction of sp³-hybridized carbons (Fsp3) is 0. The summed E-state index contributed by atoms with van der Waals surface area (Å²) in [6, 6.07) is 5.89. The predicted molar refractivity (Wildman–Crippen MR) is 47.1 cm³/mol. The molecule has 0 radical (unpaired) electrons. The molecular formula is C8H5FN2OS. The highest BCUT2D eigenvalue weighted by Gasteiger charge is 2.01. The molecule has 2 rings (SSSR count). The van der Waals surface area contributed by atoms with Crippen LogP contribution >= 0.6 is 12.2 Å². The van der Waals surface area contributed by atoms with E-state index in [1.54, 1.807) is 12.1 Å². The molecule has 0 fully saturated rings. The molecule has 0 aliphatic rings. The molecule has 0 saturated carbocycles. The quantitative estimate of drug-likeness (QED) is 0.712. The van der Waals surface area contributed by atoms with Gasteiger partial charge in [-0.15, -0.1) is 0 Å². The Morgan fingerprint density at radius 1 is 1.31 bits per heavy atom. The lowest BCUT2D eigenvalue weighted by atomic mass is 10.2. The number of nitrogens with one attached hydrogen (secondary N) is 1. The van der Waals surface area contributed by atoms with E-state index in [9.17, 15) is 4.39 Å². The Labute approximate surface area is 78.2 Å². The maximum Gasteiger partial charge on any atom is 0.314 e. The summed E-state index contributed by atoms with van der Waals surface area (Å²) in [6.45, 7) is 0. The summed E-state index contributed by atoms with van der Waals surface area (Å²) in [5.74, 6) is 0.218. The van der Waals surface area contributed by atoms with Gasteiger partial charge in [0, 0.05) is 5.56 Å². The number of aromatic amines is 1. The van der Waals surface area contributed by atoms with Crippen LogP contribution in [-0.2, 0) is 0 Å². The van der Waals surface area contributed by atoms with Crippen LogP contribution in [-0.4, -0.2) is 10.1 Å². The van der Waals surface area contributed by atoms with Crippen LogP contribution in [0.1, 0.15) is 0 Å². The van der Waals surface area contributed by atoms with E-state index >= 15 is 0 Å². The van der Waals surface area contributed by atoms with Gasteiger partial charge in [-0.2, -0.15) is 4.98 Å². The van der Waals surface area contributed by atoms with E-state index in [-0.39, 0.29) is 10.7 Å². The zero-order valence-electron chi connectivity index (χ0n) is 6.45. The van der Waals surface area contributed by atoms with Crippen molar-refractivity contribution in [2.24, 2.45) is 0 Å². The molecule has 5 heteroatoms. The van der Waals surface area contributed by atoms with E-state index < -0.39 is 0 Å². The van der Waals surface area contributed by atoms with Gasteiger partial charge in [0.1, 0.15) is 5.82 Å². The van der Waals surface area contributed by atoms with E-state index in [1.807, 2.05) is 0 Å². The normalized spacial score (nSPS) is 10.2. The molecule has 1 aromatic heterocycles. The Morgan fingerprint density at radius 3 is 2.54 bits per heavy atom. The van der Waals surface area contributed by atoms with Crippen LogP contribution in [0.5, 0.6) is 0 Å². The van der Waals surface area contributed by atoms with Gasteiger partial charge in [0.05, 0.1) is 0 Å². The first-order valence-electron chi connectivity index (χ1n) is 3.57. The standard InChI is InChI=1S/C8H5FN2OS/c9-6-3-1-5(2-4-6)7-10-8(13)12-11-7/h1-4H,(H,10,11,13). The molecule has 0 amide bonds. The second-order valence-corrected chi connectivity index (χ2v) is 2.79. The van der Waals surface area contributed by atoms with E-state index in [2.05, 4.69) is 22.4 Å². The van der Waals surface area contributed by atoms with Crippen molar-refractivity contribution < 1.29 is 8.91 Å². The van der Waals surface area contributed by atoms with Crippen LogP contribution in [0.4, 0.5) is 4.39 Å². The number of hydrogen-bond donors (Lipinski definition) is 1. The van der Waals surface area contributed by atoms with Crippen molar-refractivity contribution in [1.29, 1.82) is 0 Å². The predicted octanol–water partition coefficient (Wildman–Crippen LogP) is 2.54. The van der Waals surface area contributed by atoms with E-state index in [4.69, 9.17) is 4.52 Å². The van der Waals surface area contributed by atoms with Gasteiger partial charge in [0.2, 0.25) is 0 Å². The average molecular weight is 196 g/mol. The fourth-order valence-electron chi connectivity index (χ4n) is 0.960. The van der Waals surface area contributed by atoms with Gasteiger partial charge in [-0.05, 0) is 36.5 Å². The highest BCUT2D eigenvalue weighted by molar-refractivity contribution is 7.71. The van der Waals surface area contributed by atoms with Gasteiger partial charge < -0.3 is 4.52 Å². The van der Waals surface area contributed by atoms with Crippen LogP contribution in [0.25, 0.3) is 11.4 Å². The number of halogens is 1. The van der Waals surface area contributed by atoms with Crippen molar-refractivity contribution >= 4 is 12.2 Å². The van der Waals surface area contributed by atoms with E-state index in [0.29, 0.717) is 5.82 Å². The molecule has 1 N–H and O–H groups in total. The Bertz CT molecular complexity index is 459. The first kappa shape index (κ1) is 8.12. The number of H-pyrrole nitrogens is 1. The molecule has 3 nitrogen and oxygen atoms in total. The van der Waals surface area contributed by atoms with Crippen molar-refractivity contribution in [3.8, 4) is 11.4 Å². The molecule has 0 aliphatic carbocycles. The van der Waals surface area contributed by atoms with Gasteiger partial charge in [-0.25, -0.2) is 9.55 Å². The minimum atomic E-state index is -0.286. The van der Waals surface area contributed by atoms with Crippen molar-refractivity contribution in [2.75, 3.05) is 0 Å². The zero-order chi connectivity index (χ0) is 9.26. The van der Waals surface area contributed by atoms with Crippen molar-refractivity contribution in [1.82, 2.24) is 10.1 Å². The summed E-state index contributed by atoms with van der Waals surface area (Å²) >= 11 is 4.68. The minimum absolute atomic E-state index is 0.138. The van der Waals surface area contributed by atoms with Gasteiger partial charge in [0.15, 0.2) is 5.82 Å². The average Bonchev–Trinajstić information content (AvgIpc) is 2.53. The SMILES string of the molecule is Fc1ccc(-c2nc(=S)o[nH]2)cc1. The molecule has 0 bridgehead atoms. The summed E-state index contributed by atoms with van der Waals surface area (Å²) in [4.78, 5) is 4.02. The van der Waals surface area contributed by atoms with Crippen molar-refractivity contribution in [2.45, 2.75) is 0 Å². The Kier molecular flexibility index (Phi) is 1.94. The first-order valence-corrected chi connectivity index (χ1v) is 3.98. The lowest BCUT2D eigenvalue weighted by Gasteiger charge is -1.92. The molecular weight excluding hydrogens is 191 g/mol. The molecule has 0 unspecified atom stereocenters. The van der Waals surface area contributed by atoms with Gasteiger partial charge >= 0.3 is 4.84 Å². The number of benzene rings is 1. The molecule has 1 heterocycles. The second-order valence-electron chi connectivity index (χ2n) is 2.44. The lowest BCUT2D eigenvalue weighted by Crippen LogP contribution is -1.80. The first-order chi connectivity index (χ1) is 6.25. The maximum absolute atomic E-state index is 12.5. The zero-order valence-corrected chi connectivity index (χ0v) is 7.27. The maximum atomic E-state index is 12.5. The van der Waals surface area contributed by atoms with Crippen molar-refractivity contribution in [3.05, 3.63) is 34.9 Å². The molecule has 0 spiro atoms. The lowest BCUT2D eigenvalue weighted by molar-refractivity contribution is 0.406. The summed E-state index contributed by atoms with van der Waals surface area (Å²) in [5.41, 5.74) is 0.737. The van der Waals surface area contributed by atoms with Gasteiger partial charge in [0.25, 0.3) is 0 Å². The molecule has 66 valence electrons. The van der Waals surface area contributed by atoms with Gasteiger partial charge in [-0.1, -0.05) is 0 Å². The summed E-state index contributed by atoms with van der Waals surface area (Å²) < 4.78 is 17.3. The molecule has 13 heavy (non-hydrogen) atoms. The number of nitrogens with zero attached hydrogens (tertiary/aromatic N) is 1. The number of rotatable bonds is 1. The van der Waals surface area contributed by atoms with Crippen LogP contribution in [0.15, 0.2) is 28.8 Å². The second kappa shape index (κ2) is 3.10. The highest BCUT2D eigenvalue weighted by Crippen LogP contribution is 2.14. The molecule has 1 aromatic carbocycles. The van der Waals surface area contributed by atoms with Crippen LogP contribution in [0.3, 0.4) is 0 Å². The van der Waals surface area contributed by atoms with E-state index in [1.165, 1.54) is 12.1 Å². The molecule has 2 aromatic rings. The Morgan fingerprint density at radius 2 is 2.00 bits per heavy atom. The topological polar surface area (TPSA) is 41.8 Å². The molecule has 0 aliphatic heterocycles. The largest absolute Gasteiger partial charge is 0.348 e. The third-order valence-electron chi connectivity index (χ3n) is 1.56. The third kappa shape index (κ3) is 1.65. The van der Waals surface area contributed by atoms with E-state index in [0.717, 1.165) is 5.56 Å². The van der Waals surface area contributed by atoms with Crippen LogP contribution in [0, 0.1) is 10.7 Å². The smallest absolute Gasteiger partial charge is 0.314 e. The third-order valence-corrected chi connectivity index (χ3v) is 1.73. The molecule has 0 saturated heterocycles. The Hall–Kier alpha value is -1.49. The molecule has 0 atom stereocenters. The van der Waals surface area contributed by atoms with Crippen LogP contribution in [0.2, 0.25) is 0 Å². The summed E-state index contributed by atoms with van der Waals surface area (Å²) in [5, 5.41) is 2.53. The summed E-state index contributed by atoms with van der Waals surface area (Å²) in [6.07, 6.45) is 0. The minimum Gasteiger partial charge on any atom is -0.348 e. The monoisotopic (exact) mass is 196 g/mol. The van der Waals surface area contributed by atoms with Crippen LogP contribution < -0.4 is 0 Å². The summed E-state index contributed by atoms with van der Waals surface area (Å²) in [7, 11) is 0. The Balaban J connectivity index is 2.47. The van der Waals surface area contributed by atoms with Gasteiger partial charge in [-0.3, -0.25) is 0 Å². The number of hydrogen-bond acceptors (Lipinski definition) is 3. The highest BCUT2D eigenvalue weighted by atomic mass is 32.1. The van der Waals surface area contributed by atoms with Crippen molar-refractivity contribution in [3.63, 3.8) is 0 Å². The number of aromatic nitrogens is 2. The fourth-order valence-corrected chi connectivity index (χ4v) is 1.09.